The smallest absolute Gasteiger partial charge is 1.00 e. The van der Waals surface area contributed by atoms with Gasteiger partial charge in [-0.25, -0.2) is 0 Å². The molecule has 0 aromatic rings. The van der Waals surface area contributed by atoms with Gasteiger partial charge in [0, 0.05) is 0 Å². The zero-order chi connectivity index (χ0) is 4.99. The third-order valence-electron chi connectivity index (χ3n) is 0.230. The molecule has 0 atom stereocenters. The van der Waals surface area contributed by atoms with Crippen LogP contribution in [0.1, 0.15) is 7.85 Å². The first kappa shape index (κ1) is 10.6. The average Bonchev–Trinajstić information content (AvgIpc) is 1.35. The second-order valence-corrected chi connectivity index (χ2v) is 0.729. The van der Waals surface area contributed by atoms with E-state index in [0.29, 0.717) is 0 Å². The number of hydrogen-bond donors (Lipinski definition) is 1. The third-order valence-corrected chi connectivity index (χ3v) is 0.230. The second-order valence-electron chi connectivity index (χ2n) is 0.729. The Kier molecular flexibility index (Phi) is 9.95. The van der Waals surface area contributed by atoms with Crippen LogP contribution in [-0.2, 0) is 4.79 Å². The van der Waals surface area contributed by atoms with E-state index < -0.39 is 12.4 Å². The molecule has 3 nitrogen and oxygen atoms in total. The molecule has 4 heteroatoms. The summed E-state index contributed by atoms with van der Waals surface area (Å²) in [6, 6.07) is 1.47. The Morgan fingerprint density at radius 1 is 2.00 bits per heavy atom. The SMILES string of the molecule is N#CCC(=O)O.[H-].[K+]. The van der Waals surface area contributed by atoms with Gasteiger partial charge in [-0.3, -0.25) is 4.79 Å². The van der Waals surface area contributed by atoms with E-state index in [1.807, 2.05) is 0 Å². The molecular formula is C3H4KNO2. The number of carboxylic acid groups (broad SMARTS) is 1. The predicted octanol–water partition coefficient (Wildman–Crippen LogP) is -2.90. The Morgan fingerprint density at radius 2 is 2.43 bits per heavy atom. The summed E-state index contributed by atoms with van der Waals surface area (Å²) in [5.41, 5.74) is 0. The van der Waals surface area contributed by atoms with E-state index in [1.165, 1.54) is 6.07 Å². The standard InChI is InChI=1S/C3H3NO2.K.H/c4-2-1-3(5)6;;/h1H2,(H,5,6);;/q;+1;-1. The first-order valence-electron chi connectivity index (χ1n) is 1.36. The summed E-state index contributed by atoms with van der Waals surface area (Å²) in [5.74, 6) is -1.07. The van der Waals surface area contributed by atoms with Crippen molar-refractivity contribution in [2.75, 3.05) is 0 Å². The minimum atomic E-state index is -1.07. The molecule has 0 saturated carbocycles. The fourth-order valence-electron chi connectivity index (χ4n) is 0.0676. The van der Waals surface area contributed by atoms with Crippen molar-refractivity contribution in [2.45, 2.75) is 6.42 Å². The molecule has 0 spiro atoms. The maximum absolute atomic E-state index is 9.38. The van der Waals surface area contributed by atoms with Crippen LogP contribution in [0.5, 0.6) is 0 Å². The monoisotopic (exact) mass is 125 g/mol. The third kappa shape index (κ3) is 10.8. The van der Waals surface area contributed by atoms with E-state index in [-0.39, 0.29) is 52.8 Å². The predicted molar refractivity (Wildman–Crippen MR) is 19.0 cm³/mol. The summed E-state index contributed by atoms with van der Waals surface area (Å²) in [4.78, 5) is 9.38. The number of carbonyl (C=O) groups is 1. The molecule has 0 aliphatic rings. The van der Waals surface area contributed by atoms with E-state index in [9.17, 15) is 4.79 Å². The van der Waals surface area contributed by atoms with Crippen LogP contribution in [0.4, 0.5) is 0 Å². The molecule has 0 radical (unpaired) electrons. The van der Waals surface area contributed by atoms with Crippen LogP contribution in [-0.4, -0.2) is 11.1 Å². The molecule has 0 bridgehead atoms. The van der Waals surface area contributed by atoms with Gasteiger partial charge in [0.05, 0.1) is 6.07 Å². The molecule has 0 unspecified atom stereocenters. The van der Waals surface area contributed by atoms with Crippen molar-refractivity contribution in [2.24, 2.45) is 0 Å². The van der Waals surface area contributed by atoms with Crippen LogP contribution < -0.4 is 51.4 Å². The molecule has 0 aromatic carbocycles. The molecule has 34 valence electrons. The molecule has 0 amide bonds. The minimum Gasteiger partial charge on any atom is -1.00 e. The van der Waals surface area contributed by atoms with Gasteiger partial charge in [0.15, 0.2) is 0 Å². The van der Waals surface area contributed by atoms with Gasteiger partial charge in [0.25, 0.3) is 0 Å². The Hall–Kier alpha value is 0.596. The normalized spacial score (nSPS) is 5.57. The van der Waals surface area contributed by atoms with Crippen molar-refractivity contribution < 1.29 is 62.7 Å². The molecule has 0 aliphatic heterocycles. The van der Waals surface area contributed by atoms with Gasteiger partial charge in [0.1, 0.15) is 6.42 Å². The summed E-state index contributed by atoms with van der Waals surface area (Å²) in [6.07, 6.45) is -0.403. The van der Waals surface area contributed by atoms with Crippen LogP contribution in [0.2, 0.25) is 0 Å². The molecule has 0 heterocycles. The Labute approximate surface area is 85.2 Å². The largest absolute Gasteiger partial charge is 1.00 e. The quantitative estimate of drug-likeness (QED) is 0.382. The van der Waals surface area contributed by atoms with Gasteiger partial charge in [-0.2, -0.15) is 5.26 Å². The van der Waals surface area contributed by atoms with E-state index in [4.69, 9.17) is 10.4 Å². The number of hydrogen-bond acceptors (Lipinski definition) is 2. The topological polar surface area (TPSA) is 61.1 Å². The van der Waals surface area contributed by atoms with Gasteiger partial charge < -0.3 is 6.53 Å². The Bertz CT molecular complexity index is 99.9. The fraction of sp³-hybridized carbons (Fsp3) is 0.333. The minimum absolute atomic E-state index is 0. The second kappa shape index (κ2) is 6.60. The summed E-state index contributed by atoms with van der Waals surface area (Å²) in [7, 11) is 0. The number of aliphatic carboxylic acids is 1. The fourth-order valence-corrected chi connectivity index (χ4v) is 0.0676. The van der Waals surface area contributed by atoms with Crippen LogP contribution in [0.25, 0.3) is 0 Å². The molecule has 0 aromatic heterocycles. The van der Waals surface area contributed by atoms with Crippen molar-refractivity contribution in [1.29, 1.82) is 5.26 Å². The molecule has 0 aliphatic carbocycles. The van der Waals surface area contributed by atoms with E-state index in [1.54, 1.807) is 0 Å². The van der Waals surface area contributed by atoms with Gasteiger partial charge in [0.2, 0.25) is 0 Å². The van der Waals surface area contributed by atoms with Crippen molar-refractivity contribution in [1.82, 2.24) is 0 Å². The molecule has 0 fully saturated rings. The summed E-state index contributed by atoms with van der Waals surface area (Å²) in [5, 5.41) is 15.3. The molecule has 7 heavy (non-hydrogen) atoms. The maximum Gasteiger partial charge on any atom is 1.00 e. The summed E-state index contributed by atoms with van der Waals surface area (Å²) in [6.45, 7) is 0. The Morgan fingerprint density at radius 3 is 2.43 bits per heavy atom. The molecule has 0 saturated heterocycles. The van der Waals surface area contributed by atoms with E-state index >= 15 is 0 Å². The summed E-state index contributed by atoms with van der Waals surface area (Å²) >= 11 is 0. The zero-order valence-corrected chi connectivity index (χ0v) is 7.13. The molecular weight excluding hydrogens is 121 g/mol. The first-order chi connectivity index (χ1) is 2.77. The molecule has 1 N–H and O–H groups in total. The van der Waals surface area contributed by atoms with Crippen LogP contribution in [0, 0.1) is 11.3 Å². The van der Waals surface area contributed by atoms with Crippen LogP contribution >= 0.6 is 0 Å². The van der Waals surface area contributed by atoms with Crippen molar-refractivity contribution in [3.63, 3.8) is 0 Å². The number of rotatable bonds is 1. The first-order valence-corrected chi connectivity index (χ1v) is 1.36. The molecule has 0 rings (SSSR count). The van der Waals surface area contributed by atoms with Gasteiger partial charge in [-0.1, -0.05) is 0 Å². The number of nitrogens with zero attached hydrogens (tertiary/aromatic N) is 1. The summed E-state index contributed by atoms with van der Waals surface area (Å²) < 4.78 is 0. The van der Waals surface area contributed by atoms with Gasteiger partial charge >= 0.3 is 57.4 Å². The van der Waals surface area contributed by atoms with Crippen LogP contribution in [0.3, 0.4) is 0 Å². The van der Waals surface area contributed by atoms with Gasteiger partial charge in [-0.05, 0) is 0 Å². The maximum atomic E-state index is 9.38. The van der Waals surface area contributed by atoms with E-state index in [2.05, 4.69) is 0 Å². The van der Waals surface area contributed by atoms with Crippen molar-refractivity contribution in [3.8, 4) is 6.07 Å². The average molecular weight is 125 g/mol. The number of nitriles is 1. The van der Waals surface area contributed by atoms with E-state index in [0.717, 1.165) is 0 Å². The number of carboxylic acids is 1. The zero-order valence-electron chi connectivity index (χ0n) is 5.01. The van der Waals surface area contributed by atoms with Gasteiger partial charge in [-0.15, -0.1) is 0 Å². The Balaban J connectivity index is -0.000000125. The van der Waals surface area contributed by atoms with Crippen LogP contribution in [0.15, 0.2) is 0 Å². The van der Waals surface area contributed by atoms with Crippen molar-refractivity contribution in [3.05, 3.63) is 0 Å². The van der Waals surface area contributed by atoms with Crippen molar-refractivity contribution >= 4 is 5.97 Å².